The quantitative estimate of drug-likeness (QED) is 0.815. The zero-order valence-electron chi connectivity index (χ0n) is 10.6. The minimum absolute atomic E-state index is 0.0271. The Morgan fingerprint density at radius 1 is 1.35 bits per heavy atom. The highest BCUT2D eigenvalue weighted by atomic mass is 16.1. The molecule has 17 heavy (non-hydrogen) atoms. The summed E-state index contributed by atoms with van der Waals surface area (Å²) in [4.78, 5) is 15.7. The Hall–Kier alpha value is -1.84. The van der Waals surface area contributed by atoms with Gasteiger partial charge in [0.1, 0.15) is 5.82 Å². The molecule has 2 rings (SSSR count). The predicted molar refractivity (Wildman–Crippen MR) is 67.9 cm³/mol. The molecule has 1 amide bonds. The van der Waals surface area contributed by atoms with Crippen molar-refractivity contribution < 1.29 is 4.79 Å². The minimum Gasteiger partial charge on any atom is -0.366 e. The van der Waals surface area contributed by atoms with Crippen LogP contribution in [0.15, 0.2) is 18.2 Å². The van der Waals surface area contributed by atoms with Crippen LogP contribution in [0.5, 0.6) is 0 Å². The van der Waals surface area contributed by atoms with Gasteiger partial charge in [0.05, 0.1) is 11.0 Å². The first-order valence-electron chi connectivity index (χ1n) is 5.57. The third-order valence-corrected chi connectivity index (χ3v) is 2.84. The average Bonchev–Trinajstić information content (AvgIpc) is 2.55. The number of carbonyl (C=O) groups excluding carboxylic acids is 1. The molecule has 1 heterocycles. The van der Waals surface area contributed by atoms with Crippen LogP contribution >= 0.6 is 0 Å². The topological polar surface area (TPSA) is 60.9 Å². The summed E-state index contributed by atoms with van der Waals surface area (Å²) in [5.74, 6) is 0.573. The van der Waals surface area contributed by atoms with Gasteiger partial charge < -0.3 is 10.3 Å². The molecule has 0 aliphatic rings. The van der Waals surface area contributed by atoms with Gasteiger partial charge in [0, 0.05) is 18.0 Å². The van der Waals surface area contributed by atoms with E-state index in [4.69, 9.17) is 5.73 Å². The number of hydrogen-bond donors (Lipinski definition) is 1. The van der Waals surface area contributed by atoms with Crippen molar-refractivity contribution in [3.05, 3.63) is 29.6 Å². The molecule has 1 aromatic carbocycles. The van der Waals surface area contributed by atoms with Gasteiger partial charge in [-0.25, -0.2) is 4.98 Å². The number of aromatic nitrogens is 2. The van der Waals surface area contributed by atoms with Crippen LogP contribution in [0.1, 0.15) is 37.0 Å². The van der Waals surface area contributed by atoms with Crippen LogP contribution in [0.3, 0.4) is 0 Å². The Labute approximate surface area is 100 Å². The van der Waals surface area contributed by atoms with E-state index in [0.29, 0.717) is 5.56 Å². The minimum atomic E-state index is -0.421. The number of carbonyl (C=O) groups is 1. The van der Waals surface area contributed by atoms with Gasteiger partial charge in [0.2, 0.25) is 5.91 Å². The number of amides is 1. The molecule has 0 saturated carbocycles. The highest BCUT2D eigenvalue weighted by Gasteiger charge is 2.21. The highest BCUT2D eigenvalue weighted by Crippen LogP contribution is 2.25. The van der Waals surface area contributed by atoms with Crippen molar-refractivity contribution in [2.75, 3.05) is 0 Å². The number of imidazole rings is 1. The molecule has 0 aliphatic heterocycles. The van der Waals surface area contributed by atoms with E-state index in [1.54, 1.807) is 12.1 Å². The Balaban J connectivity index is 2.70. The van der Waals surface area contributed by atoms with Gasteiger partial charge in [0.15, 0.2) is 0 Å². The van der Waals surface area contributed by atoms with Crippen LogP contribution in [0, 0.1) is 0 Å². The molecule has 0 spiro atoms. The number of nitrogens with zero attached hydrogens (tertiary/aromatic N) is 2. The monoisotopic (exact) mass is 231 g/mol. The fourth-order valence-electron chi connectivity index (χ4n) is 2.02. The summed E-state index contributed by atoms with van der Waals surface area (Å²) in [5, 5.41) is 0. The number of benzene rings is 1. The second kappa shape index (κ2) is 3.58. The number of fused-ring (bicyclic) bond motifs is 1. The van der Waals surface area contributed by atoms with Crippen LogP contribution in [-0.2, 0) is 12.5 Å². The average molecular weight is 231 g/mol. The van der Waals surface area contributed by atoms with E-state index in [0.717, 1.165) is 16.9 Å². The lowest BCUT2D eigenvalue weighted by Gasteiger charge is -2.17. The molecule has 2 N–H and O–H groups in total. The van der Waals surface area contributed by atoms with Crippen molar-refractivity contribution in [2.45, 2.75) is 26.2 Å². The van der Waals surface area contributed by atoms with Crippen molar-refractivity contribution in [3.63, 3.8) is 0 Å². The van der Waals surface area contributed by atoms with Crippen LogP contribution in [-0.4, -0.2) is 15.5 Å². The number of primary amides is 1. The fourth-order valence-corrected chi connectivity index (χ4v) is 2.02. The molecule has 0 bridgehead atoms. The predicted octanol–water partition coefficient (Wildman–Crippen LogP) is 1.97. The molecule has 1 aromatic heterocycles. The summed E-state index contributed by atoms with van der Waals surface area (Å²) in [6.45, 7) is 6.34. The van der Waals surface area contributed by atoms with E-state index in [2.05, 4.69) is 30.3 Å². The summed E-state index contributed by atoms with van der Waals surface area (Å²) in [5.41, 5.74) is 7.56. The van der Waals surface area contributed by atoms with E-state index < -0.39 is 5.91 Å². The smallest absolute Gasteiger partial charge is 0.248 e. The van der Waals surface area contributed by atoms with Crippen LogP contribution in [0.2, 0.25) is 0 Å². The maximum Gasteiger partial charge on any atom is 0.248 e. The summed E-state index contributed by atoms with van der Waals surface area (Å²) in [6.07, 6.45) is 0. The molecule has 0 saturated heterocycles. The summed E-state index contributed by atoms with van der Waals surface area (Å²) in [7, 11) is 1.99. The number of hydrogen-bond acceptors (Lipinski definition) is 2. The normalized spacial score (nSPS) is 12.0. The molecule has 0 fully saturated rings. The molecule has 4 nitrogen and oxygen atoms in total. The van der Waals surface area contributed by atoms with Crippen molar-refractivity contribution in [2.24, 2.45) is 12.8 Å². The summed E-state index contributed by atoms with van der Waals surface area (Å²) in [6, 6.07) is 5.36. The van der Waals surface area contributed by atoms with Crippen LogP contribution in [0.4, 0.5) is 0 Å². The molecule has 0 aliphatic carbocycles. The van der Waals surface area contributed by atoms with E-state index in [-0.39, 0.29) is 5.41 Å². The van der Waals surface area contributed by atoms with Crippen molar-refractivity contribution in [1.29, 1.82) is 0 Å². The number of rotatable bonds is 1. The third-order valence-electron chi connectivity index (χ3n) is 2.84. The Morgan fingerprint density at radius 2 is 2.00 bits per heavy atom. The van der Waals surface area contributed by atoms with Gasteiger partial charge in [0.25, 0.3) is 0 Å². The molecular weight excluding hydrogens is 214 g/mol. The van der Waals surface area contributed by atoms with E-state index >= 15 is 0 Å². The zero-order valence-corrected chi connectivity index (χ0v) is 10.6. The molecule has 0 radical (unpaired) electrons. The van der Waals surface area contributed by atoms with Gasteiger partial charge in [-0.2, -0.15) is 0 Å². The van der Waals surface area contributed by atoms with Crippen LogP contribution in [0.25, 0.3) is 11.0 Å². The molecule has 2 aromatic rings. The largest absolute Gasteiger partial charge is 0.366 e. The zero-order chi connectivity index (χ0) is 12.8. The lowest BCUT2D eigenvalue weighted by Crippen LogP contribution is -2.17. The molecule has 4 heteroatoms. The van der Waals surface area contributed by atoms with Crippen LogP contribution < -0.4 is 5.73 Å². The second-order valence-corrected chi connectivity index (χ2v) is 5.31. The fraction of sp³-hybridized carbons (Fsp3) is 0.385. The van der Waals surface area contributed by atoms with E-state index in [9.17, 15) is 4.79 Å². The Morgan fingerprint density at radius 3 is 2.53 bits per heavy atom. The SMILES string of the molecule is Cn1c(C(C)(C)C)nc2cc(C(N)=O)ccc21. The third kappa shape index (κ3) is 1.90. The highest BCUT2D eigenvalue weighted by molar-refractivity contribution is 5.96. The van der Waals surface area contributed by atoms with Crippen molar-refractivity contribution in [1.82, 2.24) is 9.55 Å². The Bertz CT molecular complexity index is 590. The van der Waals surface area contributed by atoms with Gasteiger partial charge in [-0.15, -0.1) is 0 Å². The van der Waals surface area contributed by atoms with Gasteiger partial charge in [-0.3, -0.25) is 4.79 Å². The van der Waals surface area contributed by atoms with Gasteiger partial charge >= 0.3 is 0 Å². The van der Waals surface area contributed by atoms with E-state index in [1.165, 1.54) is 0 Å². The Kier molecular flexibility index (Phi) is 2.45. The first-order chi connectivity index (χ1) is 7.80. The lowest BCUT2D eigenvalue weighted by atomic mass is 9.96. The lowest BCUT2D eigenvalue weighted by molar-refractivity contribution is 0.100. The first-order valence-corrected chi connectivity index (χ1v) is 5.57. The summed E-state index contributed by atoms with van der Waals surface area (Å²) < 4.78 is 2.06. The van der Waals surface area contributed by atoms with Gasteiger partial charge in [-0.1, -0.05) is 20.8 Å². The van der Waals surface area contributed by atoms with E-state index in [1.807, 2.05) is 13.1 Å². The molecule has 90 valence electrons. The maximum atomic E-state index is 11.1. The summed E-state index contributed by atoms with van der Waals surface area (Å²) >= 11 is 0. The number of aryl methyl sites for hydroxylation is 1. The molecular formula is C13H17N3O. The van der Waals surface area contributed by atoms with Gasteiger partial charge in [-0.05, 0) is 18.2 Å². The molecule has 0 atom stereocenters. The first kappa shape index (κ1) is 11.6. The molecule has 0 unspecified atom stereocenters. The standard InChI is InChI=1S/C13H17N3O/c1-13(2,3)12-15-9-7-8(11(14)17)5-6-10(9)16(12)4/h5-7H,1-4H3,(H2,14,17). The van der Waals surface area contributed by atoms with Crippen molar-refractivity contribution >= 4 is 16.9 Å². The number of nitrogens with two attached hydrogens (primary N) is 1. The maximum absolute atomic E-state index is 11.1. The second-order valence-electron chi connectivity index (χ2n) is 5.31. The van der Waals surface area contributed by atoms with Crippen molar-refractivity contribution in [3.8, 4) is 0 Å².